The normalized spacial score (nSPS) is 18.2. The third-order valence-electron chi connectivity index (χ3n) is 3.53. The summed E-state index contributed by atoms with van der Waals surface area (Å²) in [6.45, 7) is 5.71. The van der Waals surface area contributed by atoms with Gasteiger partial charge in [0.2, 0.25) is 5.91 Å². The van der Waals surface area contributed by atoms with E-state index < -0.39 is 0 Å². The van der Waals surface area contributed by atoms with Crippen LogP contribution in [0.15, 0.2) is 0 Å². The van der Waals surface area contributed by atoms with Crippen LogP contribution in [0, 0.1) is 5.92 Å². The number of piperazine rings is 1. The van der Waals surface area contributed by atoms with Crippen molar-refractivity contribution in [3.8, 4) is 0 Å². The number of hydrogen-bond donors (Lipinski definition) is 1. The molecule has 1 amide bonds. The number of hydrogen-bond acceptors (Lipinski definition) is 5. The van der Waals surface area contributed by atoms with Gasteiger partial charge in [0.25, 0.3) is 0 Å². The number of nitrogens with two attached hydrogens (primary N) is 1. The molecule has 0 saturated carbocycles. The molecule has 1 atom stereocenters. The lowest BCUT2D eigenvalue weighted by Gasteiger charge is -2.35. The maximum absolute atomic E-state index is 12.2. The first-order valence-corrected chi connectivity index (χ1v) is 6.86. The van der Waals surface area contributed by atoms with E-state index in [0.717, 1.165) is 25.9 Å². The summed E-state index contributed by atoms with van der Waals surface area (Å²) in [5.41, 5.74) is 5.46. The van der Waals surface area contributed by atoms with Crippen LogP contribution in [0.2, 0.25) is 0 Å². The van der Waals surface area contributed by atoms with Crippen molar-refractivity contribution in [3.05, 3.63) is 0 Å². The molecule has 0 aromatic rings. The standard InChI is InChI=1S/C13H25N3O3/c1-11(4-3-5-14)13(18)16-8-6-15(7-9-16)10-12(17)19-2/h11H,3-10,14H2,1-2H3. The van der Waals surface area contributed by atoms with E-state index in [1.165, 1.54) is 7.11 Å². The quantitative estimate of drug-likeness (QED) is 0.670. The van der Waals surface area contributed by atoms with E-state index in [4.69, 9.17) is 5.73 Å². The Kier molecular flexibility index (Phi) is 6.80. The van der Waals surface area contributed by atoms with Crippen molar-refractivity contribution >= 4 is 11.9 Å². The van der Waals surface area contributed by atoms with Gasteiger partial charge in [0.1, 0.15) is 0 Å². The third kappa shape index (κ3) is 5.16. The average Bonchev–Trinajstić information content (AvgIpc) is 2.44. The highest BCUT2D eigenvalue weighted by atomic mass is 16.5. The van der Waals surface area contributed by atoms with Gasteiger partial charge in [-0.15, -0.1) is 0 Å². The molecular weight excluding hydrogens is 246 g/mol. The van der Waals surface area contributed by atoms with Crippen molar-refractivity contribution in [2.24, 2.45) is 11.7 Å². The van der Waals surface area contributed by atoms with Crippen molar-refractivity contribution < 1.29 is 14.3 Å². The van der Waals surface area contributed by atoms with Gasteiger partial charge in [-0.1, -0.05) is 6.92 Å². The average molecular weight is 271 g/mol. The van der Waals surface area contributed by atoms with Gasteiger partial charge < -0.3 is 15.4 Å². The van der Waals surface area contributed by atoms with Crippen molar-refractivity contribution in [2.45, 2.75) is 19.8 Å². The lowest BCUT2D eigenvalue weighted by atomic mass is 10.0. The molecule has 1 heterocycles. The lowest BCUT2D eigenvalue weighted by Crippen LogP contribution is -2.51. The molecular formula is C13H25N3O3. The van der Waals surface area contributed by atoms with Crippen molar-refractivity contribution in [2.75, 3.05) is 46.4 Å². The molecule has 1 unspecified atom stereocenters. The first-order chi connectivity index (χ1) is 9.08. The minimum atomic E-state index is -0.226. The largest absolute Gasteiger partial charge is 0.468 e. The zero-order chi connectivity index (χ0) is 14.3. The molecule has 0 aromatic carbocycles. The summed E-state index contributed by atoms with van der Waals surface area (Å²) >= 11 is 0. The number of amides is 1. The number of nitrogens with zero attached hydrogens (tertiary/aromatic N) is 2. The fraction of sp³-hybridized carbons (Fsp3) is 0.846. The van der Waals surface area contributed by atoms with Crippen LogP contribution in [-0.4, -0.2) is 68.1 Å². The molecule has 110 valence electrons. The van der Waals surface area contributed by atoms with Crippen LogP contribution in [0.3, 0.4) is 0 Å². The molecule has 0 aromatic heterocycles. The fourth-order valence-corrected chi connectivity index (χ4v) is 2.23. The predicted octanol–water partition coefficient (Wildman–Crippen LogP) is -0.321. The van der Waals surface area contributed by atoms with E-state index in [2.05, 4.69) is 4.74 Å². The first kappa shape index (κ1) is 15.9. The Morgan fingerprint density at radius 2 is 1.89 bits per heavy atom. The molecule has 0 bridgehead atoms. The zero-order valence-electron chi connectivity index (χ0n) is 11.9. The van der Waals surface area contributed by atoms with Gasteiger partial charge in [0, 0.05) is 32.1 Å². The Balaban J connectivity index is 2.32. The van der Waals surface area contributed by atoms with Crippen LogP contribution in [0.4, 0.5) is 0 Å². The van der Waals surface area contributed by atoms with Crippen LogP contribution in [0.5, 0.6) is 0 Å². The molecule has 0 spiro atoms. The zero-order valence-corrected chi connectivity index (χ0v) is 11.9. The molecule has 2 N–H and O–H groups in total. The topological polar surface area (TPSA) is 75.9 Å². The van der Waals surface area contributed by atoms with E-state index in [9.17, 15) is 9.59 Å². The lowest BCUT2D eigenvalue weighted by molar-refractivity contribution is -0.143. The number of carbonyl (C=O) groups excluding carboxylic acids is 2. The Bertz CT molecular complexity index is 302. The Labute approximate surface area is 114 Å². The molecule has 1 aliphatic heterocycles. The number of carbonyl (C=O) groups is 2. The number of methoxy groups -OCH3 is 1. The highest BCUT2D eigenvalue weighted by molar-refractivity contribution is 5.78. The van der Waals surface area contributed by atoms with Crippen LogP contribution >= 0.6 is 0 Å². The summed E-state index contributed by atoms with van der Waals surface area (Å²) in [5.74, 6) is 0.0120. The summed E-state index contributed by atoms with van der Waals surface area (Å²) in [6.07, 6.45) is 1.73. The highest BCUT2D eigenvalue weighted by Gasteiger charge is 2.25. The summed E-state index contributed by atoms with van der Waals surface area (Å²) in [4.78, 5) is 27.2. The van der Waals surface area contributed by atoms with Gasteiger partial charge in [0.05, 0.1) is 13.7 Å². The van der Waals surface area contributed by atoms with Crippen molar-refractivity contribution in [1.29, 1.82) is 0 Å². The second kappa shape index (κ2) is 8.12. The van der Waals surface area contributed by atoms with Gasteiger partial charge in [-0.05, 0) is 19.4 Å². The molecule has 6 nitrogen and oxygen atoms in total. The number of esters is 1. The van der Waals surface area contributed by atoms with Gasteiger partial charge >= 0.3 is 5.97 Å². The predicted molar refractivity (Wildman–Crippen MR) is 72.5 cm³/mol. The molecule has 1 rings (SSSR count). The monoisotopic (exact) mass is 271 g/mol. The molecule has 1 saturated heterocycles. The van der Waals surface area contributed by atoms with Crippen molar-refractivity contribution in [3.63, 3.8) is 0 Å². The Morgan fingerprint density at radius 1 is 1.26 bits per heavy atom. The number of rotatable bonds is 6. The van der Waals surface area contributed by atoms with Crippen LogP contribution < -0.4 is 5.73 Å². The van der Waals surface area contributed by atoms with E-state index >= 15 is 0 Å². The number of ether oxygens (including phenoxy) is 1. The molecule has 1 aliphatic rings. The first-order valence-electron chi connectivity index (χ1n) is 6.86. The minimum absolute atomic E-state index is 0.0377. The van der Waals surface area contributed by atoms with Crippen LogP contribution in [0.25, 0.3) is 0 Å². The van der Waals surface area contributed by atoms with Gasteiger partial charge in [0.15, 0.2) is 0 Å². The summed E-state index contributed by atoms with van der Waals surface area (Å²) in [6, 6.07) is 0. The van der Waals surface area contributed by atoms with E-state index in [0.29, 0.717) is 26.2 Å². The highest BCUT2D eigenvalue weighted by Crippen LogP contribution is 2.12. The van der Waals surface area contributed by atoms with Crippen LogP contribution in [0.1, 0.15) is 19.8 Å². The maximum Gasteiger partial charge on any atom is 0.319 e. The Hall–Kier alpha value is -1.14. The van der Waals surface area contributed by atoms with Crippen LogP contribution in [-0.2, 0) is 14.3 Å². The minimum Gasteiger partial charge on any atom is -0.468 e. The third-order valence-corrected chi connectivity index (χ3v) is 3.53. The smallest absolute Gasteiger partial charge is 0.319 e. The summed E-state index contributed by atoms with van der Waals surface area (Å²) in [7, 11) is 1.39. The van der Waals surface area contributed by atoms with E-state index in [-0.39, 0.29) is 17.8 Å². The van der Waals surface area contributed by atoms with Crippen molar-refractivity contribution in [1.82, 2.24) is 9.80 Å². The van der Waals surface area contributed by atoms with E-state index in [1.807, 2.05) is 16.7 Å². The molecule has 6 heteroatoms. The Morgan fingerprint density at radius 3 is 2.42 bits per heavy atom. The molecule has 0 radical (unpaired) electrons. The van der Waals surface area contributed by atoms with Gasteiger partial charge in [-0.2, -0.15) is 0 Å². The second-order valence-corrected chi connectivity index (χ2v) is 5.01. The maximum atomic E-state index is 12.2. The van der Waals surface area contributed by atoms with E-state index in [1.54, 1.807) is 0 Å². The molecule has 1 fully saturated rings. The van der Waals surface area contributed by atoms with Gasteiger partial charge in [-0.3, -0.25) is 14.5 Å². The fourth-order valence-electron chi connectivity index (χ4n) is 2.23. The molecule has 0 aliphatic carbocycles. The summed E-state index contributed by atoms with van der Waals surface area (Å²) < 4.78 is 4.64. The second-order valence-electron chi connectivity index (χ2n) is 5.01. The van der Waals surface area contributed by atoms with Gasteiger partial charge in [-0.25, -0.2) is 0 Å². The summed E-state index contributed by atoms with van der Waals surface area (Å²) in [5, 5.41) is 0. The SMILES string of the molecule is COC(=O)CN1CCN(C(=O)C(C)CCCN)CC1. The molecule has 19 heavy (non-hydrogen) atoms.